The van der Waals surface area contributed by atoms with E-state index >= 15 is 0 Å². The number of hydrogen-bond donors (Lipinski definition) is 1. The van der Waals surface area contributed by atoms with E-state index in [9.17, 15) is 13.2 Å². The van der Waals surface area contributed by atoms with Crippen LogP contribution in [0.5, 0.6) is 0 Å². The van der Waals surface area contributed by atoms with Gasteiger partial charge in [-0.1, -0.05) is 12.8 Å². The molecule has 0 radical (unpaired) electrons. The summed E-state index contributed by atoms with van der Waals surface area (Å²) < 4.78 is 40.2. The quantitative estimate of drug-likeness (QED) is 0.797. The van der Waals surface area contributed by atoms with Gasteiger partial charge >= 0.3 is 6.18 Å². The summed E-state index contributed by atoms with van der Waals surface area (Å²) in [5.74, 6) is 0.554. The van der Waals surface area contributed by atoms with Gasteiger partial charge in [0.25, 0.3) is 0 Å². The molecule has 15 heavy (non-hydrogen) atoms. The lowest BCUT2D eigenvalue weighted by Crippen LogP contribution is -2.31. The number of rotatable bonds is 4. The molecule has 0 amide bonds. The van der Waals surface area contributed by atoms with Crippen LogP contribution >= 0.6 is 0 Å². The third-order valence-corrected chi connectivity index (χ3v) is 2.97. The molecule has 1 rings (SSSR count). The molecule has 2 atom stereocenters. The Morgan fingerprint density at radius 1 is 1.13 bits per heavy atom. The van der Waals surface area contributed by atoms with E-state index in [-0.39, 0.29) is 12.5 Å². The van der Waals surface area contributed by atoms with Gasteiger partial charge in [-0.15, -0.1) is 0 Å². The number of nitrogens with two attached hydrogens (primary N) is 1. The Morgan fingerprint density at radius 2 is 1.73 bits per heavy atom. The van der Waals surface area contributed by atoms with Gasteiger partial charge in [0.1, 0.15) is 6.61 Å². The maximum atomic E-state index is 11.8. The molecule has 1 fully saturated rings. The zero-order valence-electron chi connectivity index (χ0n) is 8.72. The molecular weight excluding hydrogens is 207 g/mol. The third-order valence-electron chi connectivity index (χ3n) is 2.97. The number of ether oxygens (including phenoxy) is 1. The SMILES string of the molecule is NCC1CCCCC1COCC(F)(F)F. The van der Waals surface area contributed by atoms with E-state index in [1.807, 2.05) is 0 Å². The summed E-state index contributed by atoms with van der Waals surface area (Å²) in [4.78, 5) is 0. The second-order valence-corrected chi connectivity index (χ2v) is 4.17. The van der Waals surface area contributed by atoms with Crippen LogP contribution in [0.25, 0.3) is 0 Å². The second-order valence-electron chi connectivity index (χ2n) is 4.17. The largest absolute Gasteiger partial charge is 0.411 e. The zero-order chi connectivity index (χ0) is 11.3. The molecule has 0 aromatic heterocycles. The summed E-state index contributed by atoms with van der Waals surface area (Å²) in [6.45, 7) is -0.387. The highest BCUT2D eigenvalue weighted by Crippen LogP contribution is 2.29. The van der Waals surface area contributed by atoms with Crippen LogP contribution in [0.15, 0.2) is 0 Å². The van der Waals surface area contributed by atoms with Gasteiger partial charge < -0.3 is 10.5 Å². The van der Waals surface area contributed by atoms with Crippen molar-refractivity contribution in [1.82, 2.24) is 0 Å². The molecule has 0 heterocycles. The second kappa shape index (κ2) is 5.70. The molecule has 2 N–H and O–H groups in total. The molecule has 2 unspecified atom stereocenters. The Bertz CT molecular complexity index is 184. The minimum absolute atomic E-state index is 0.196. The van der Waals surface area contributed by atoms with Crippen molar-refractivity contribution in [2.45, 2.75) is 31.9 Å². The van der Waals surface area contributed by atoms with E-state index in [4.69, 9.17) is 5.73 Å². The first-order chi connectivity index (χ1) is 7.03. The molecule has 2 nitrogen and oxygen atoms in total. The summed E-state index contributed by atoms with van der Waals surface area (Å²) in [5, 5.41) is 0. The van der Waals surface area contributed by atoms with Crippen molar-refractivity contribution in [2.75, 3.05) is 19.8 Å². The van der Waals surface area contributed by atoms with Crippen LogP contribution in [0.2, 0.25) is 0 Å². The van der Waals surface area contributed by atoms with Crippen LogP contribution in [0.1, 0.15) is 25.7 Å². The van der Waals surface area contributed by atoms with Crippen molar-refractivity contribution >= 4 is 0 Å². The fourth-order valence-electron chi connectivity index (χ4n) is 2.14. The van der Waals surface area contributed by atoms with E-state index in [0.29, 0.717) is 12.5 Å². The Kier molecular flexibility index (Phi) is 4.86. The molecule has 1 aliphatic carbocycles. The molecule has 0 aromatic rings. The first kappa shape index (κ1) is 12.8. The lowest BCUT2D eigenvalue weighted by Gasteiger charge is -2.30. The van der Waals surface area contributed by atoms with Gasteiger partial charge in [-0.05, 0) is 31.2 Å². The smallest absolute Gasteiger partial charge is 0.372 e. The molecule has 0 saturated heterocycles. The Balaban J connectivity index is 2.23. The summed E-state index contributed by atoms with van der Waals surface area (Å²) >= 11 is 0. The van der Waals surface area contributed by atoms with E-state index in [1.165, 1.54) is 0 Å². The van der Waals surface area contributed by atoms with E-state index in [2.05, 4.69) is 4.74 Å². The monoisotopic (exact) mass is 225 g/mol. The summed E-state index contributed by atoms with van der Waals surface area (Å²) in [5.41, 5.74) is 5.57. The van der Waals surface area contributed by atoms with Crippen LogP contribution in [-0.4, -0.2) is 25.9 Å². The van der Waals surface area contributed by atoms with E-state index in [1.54, 1.807) is 0 Å². The molecule has 1 aliphatic rings. The topological polar surface area (TPSA) is 35.2 Å². The van der Waals surface area contributed by atoms with Gasteiger partial charge in [-0.3, -0.25) is 0 Å². The number of hydrogen-bond acceptors (Lipinski definition) is 2. The molecule has 0 spiro atoms. The lowest BCUT2D eigenvalue weighted by molar-refractivity contribution is -0.178. The first-order valence-electron chi connectivity index (χ1n) is 5.37. The Hall–Kier alpha value is -0.290. The highest BCUT2D eigenvalue weighted by Gasteiger charge is 2.29. The molecular formula is C10H18F3NO. The fourth-order valence-corrected chi connectivity index (χ4v) is 2.14. The van der Waals surface area contributed by atoms with Crippen LogP contribution in [0.4, 0.5) is 13.2 Å². The van der Waals surface area contributed by atoms with Crippen LogP contribution in [-0.2, 0) is 4.74 Å². The molecule has 0 aliphatic heterocycles. The normalized spacial score (nSPS) is 28.0. The van der Waals surface area contributed by atoms with Crippen molar-refractivity contribution in [3.63, 3.8) is 0 Å². The Labute approximate surface area is 88.0 Å². The zero-order valence-corrected chi connectivity index (χ0v) is 8.72. The van der Waals surface area contributed by atoms with Gasteiger partial charge in [0, 0.05) is 0 Å². The average molecular weight is 225 g/mol. The fraction of sp³-hybridized carbons (Fsp3) is 1.00. The predicted octanol–water partition coefficient (Wildman–Crippen LogP) is 2.33. The van der Waals surface area contributed by atoms with Gasteiger partial charge in [-0.25, -0.2) is 0 Å². The number of alkyl halides is 3. The molecule has 0 bridgehead atoms. The van der Waals surface area contributed by atoms with Crippen molar-refractivity contribution in [3.8, 4) is 0 Å². The maximum absolute atomic E-state index is 11.8. The summed E-state index contributed by atoms with van der Waals surface area (Å²) in [7, 11) is 0. The minimum Gasteiger partial charge on any atom is -0.372 e. The minimum atomic E-state index is -4.22. The summed E-state index contributed by atoms with van der Waals surface area (Å²) in [6, 6.07) is 0. The Morgan fingerprint density at radius 3 is 2.27 bits per heavy atom. The maximum Gasteiger partial charge on any atom is 0.411 e. The third kappa shape index (κ3) is 4.84. The van der Waals surface area contributed by atoms with Gasteiger partial charge in [0.15, 0.2) is 0 Å². The molecule has 5 heteroatoms. The van der Waals surface area contributed by atoms with Crippen molar-refractivity contribution in [3.05, 3.63) is 0 Å². The number of halogens is 3. The van der Waals surface area contributed by atoms with Crippen molar-refractivity contribution < 1.29 is 17.9 Å². The van der Waals surface area contributed by atoms with Crippen LogP contribution in [0.3, 0.4) is 0 Å². The first-order valence-corrected chi connectivity index (χ1v) is 5.37. The molecule has 0 aromatic carbocycles. The van der Waals surface area contributed by atoms with Crippen LogP contribution in [0, 0.1) is 11.8 Å². The standard InChI is InChI=1S/C10H18F3NO/c11-10(12,13)7-15-6-9-4-2-1-3-8(9)5-14/h8-9H,1-7,14H2. The van der Waals surface area contributed by atoms with Crippen molar-refractivity contribution in [2.24, 2.45) is 17.6 Å². The van der Waals surface area contributed by atoms with Gasteiger partial charge in [0.05, 0.1) is 6.61 Å². The highest BCUT2D eigenvalue weighted by atomic mass is 19.4. The van der Waals surface area contributed by atoms with E-state index < -0.39 is 12.8 Å². The highest BCUT2D eigenvalue weighted by molar-refractivity contribution is 4.75. The van der Waals surface area contributed by atoms with Crippen LogP contribution < -0.4 is 5.73 Å². The molecule has 1 saturated carbocycles. The van der Waals surface area contributed by atoms with Crippen molar-refractivity contribution in [1.29, 1.82) is 0 Å². The average Bonchev–Trinajstić information content (AvgIpc) is 2.16. The summed E-state index contributed by atoms with van der Waals surface area (Å²) in [6.07, 6.45) is -0.0304. The van der Waals surface area contributed by atoms with E-state index in [0.717, 1.165) is 25.7 Å². The molecule has 90 valence electrons. The van der Waals surface area contributed by atoms with Gasteiger partial charge in [0.2, 0.25) is 0 Å². The predicted molar refractivity (Wildman–Crippen MR) is 51.4 cm³/mol. The lowest BCUT2D eigenvalue weighted by atomic mass is 9.80. The van der Waals surface area contributed by atoms with Gasteiger partial charge in [-0.2, -0.15) is 13.2 Å².